The number of hydrogen-bond donors (Lipinski definition) is 1. The largest absolute Gasteiger partial charge is 0.493 e. The first-order valence-corrected chi connectivity index (χ1v) is 7.66. The normalized spacial score (nSPS) is 10.9. The highest BCUT2D eigenvalue weighted by molar-refractivity contribution is 7.98. The van der Waals surface area contributed by atoms with Crippen molar-refractivity contribution in [1.82, 2.24) is 15.0 Å². The Bertz CT molecular complexity index is 706. The maximum Gasteiger partial charge on any atom is 0.178 e. The quantitative estimate of drug-likeness (QED) is 0.742. The molecule has 0 aliphatic rings. The number of H-pyrrole nitrogens is 1. The molecule has 0 aliphatic carbocycles. The van der Waals surface area contributed by atoms with Crippen molar-refractivity contribution in [1.29, 1.82) is 0 Å². The molecule has 0 aliphatic heterocycles. The number of benzene rings is 1. The Morgan fingerprint density at radius 2 is 2.20 bits per heavy atom. The number of hydrogen-bond acceptors (Lipinski definition) is 4. The Morgan fingerprint density at radius 1 is 1.30 bits per heavy atom. The molecule has 0 bridgehead atoms. The summed E-state index contributed by atoms with van der Waals surface area (Å²) >= 11 is 1.70. The smallest absolute Gasteiger partial charge is 0.178 e. The molecule has 0 saturated heterocycles. The van der Waals surface area contributed by atoms with Gasteiger partial charge in [0.2, 0.25) is 0 Å². The van der Waals surface area contributed by atoms with Crippen molar-refractivity contribution >= 4 is 22.9 Å². The summed E-state index contributed by atoms with van der Waals surface area (Å²) in [4.78, 5) is 13.3. The molecule has 2 aromatic heterocycles. The van der Waals surface area contributed by atoms with Crippen molar-refractivity contribution in [2.24, 2.45) is 0 Å². The van der Waals surface area contributed by atoms with Crippen molar-refractivity contribution in [3.63, 3.8) is 0 Å². The number of ether oxygens (including phenoxy) is 1. The van der Waals surface area contributed by atoms with E-state index in [-0.39, 0.29) is 0 Å². The molecule has 1 N–H and O–H groups in total. The summed E-state index contributed by atoms with van der Waals surface area (Å²) in [7, 11) is 0. The summed E-state index contributed by atoms with van der Waals surface area (Å²) < 4.78 is 5.70. The summed E-state index contributed by atoms with van der Waals surface area (Å²) in [5.74, 6) is 1.63. The molecular formula is C15H15N3OS. The lowest BCUT2D eigenvalue weighted by atomic mass is 10.2. The molecule has 1 aromatic carbocycles. The number of aromatic nitrogens is 3. The van der Waals surface area contributed by atoms with E-state index in [1.165, 1.54) is 4.90 Å². The second-order valence-electron chi connectivity index (χ2n) is 4.26. The zero-order valence-electron chi connectivity index (χ0n) is 11.4. The lowest BCUT2D eigenvalue weighted by Gasteiger charge is -2.09. The van der Waals surface area contributed by atoms with Gasteiger partial charge in [-0.05, 0) is 43.5 Å². The Kier molecular flexibility index (Phi) is 3.60. The third-order valence-electron chi connectivity index (χ3n) is 3.00. The van der Waals surface area contributed by atoms with E-state index in [9.17, 15) is 0 Å². The van der Waals surface area contributed by atoms with Gasteiger partial charge >= 0.3 is 0 Å². The summed E-state index contributed by atoms with van der Waals surface area (Å²) in [6.07, 6.45) is 3.80. The molecule has 3 rings (SSSR count). The summed E-state index contributed by atoms with van der Waals surface area (Å²) in [6, 6.07) is 10.0. The fourth-order valence-corrected chi connectivity index (χ4v) is 2.51. The van der Waals surface area contributed by atoms with Crippen molar-refractivity contribution < 1.29 is 4.74 Å². The molecule has 0 spiro atoms. The van der Waals surface area contributed by atoms with Crippen molar-refractivity contribution in [2.45, 2.75) is 11.8 Å². The number of rotatable bonds is 4. The lowest BCUT2D eigenvalue weighted by Crippen LogP contribution is -1.95. The predicted molar refractivity (Wildman–Crippen MR) is 82.3 cm³/mol. The molecule has 20 heavy (non-hydrogen) atoms. The van der Waals surface area contributed by atoms with E-state index >= 15 is 0 Å². The van der Waals surface area contributed by atoms with E-state index in [0.29, 0.717) is 6.61 Å². The summed E-state index contributed by atoms with van der Waals surface area (Å²) in [5, 5.41) is 0. The molecule has 102 valence electrons. The number of aromatic amines is 1. The van der Waals surface area contributed by atoms with E-state index < -0.39 is 0 Å². The van der Waals surface area contributed by atoms with Crippen LogP contribution in [0.15, 0.2) is 41.4 Å². The average Bonchev–Trinajstić information content (AvgIpc) is 2.91. The van der Waals surface area contributed by atoms with Crippen LogP contribution in [0, 0.1) is 0 Å². The maximum atomic E-state index is 5.70. The molecule has 2 heterocycles. The van der Waals surface area contributed by atoms with E-state index in [1.54, 1.807) is 18.0 Å². The third-order valence-corrected chi connectivity index (χ3v) is 3.72. The molecule has 0 amide bonds. The van der Waals surface area contributed by atoms with Crippen LogP contribution in [0.2, 0.25) is 0 Å². The van der Waals surface area contributed by atoms with Crippen LogP contribution in [0.3, 0.4) is 0 Å². The van der Waals surface area contributed by atoms with Crippen LogP contribution in [-0.2, 0) is 0 Å². The predicted octanol–water partition coefficient (Wildman–Crippen LogP) is 3.75. The van der Waals surface area contributed by atoms with Gasteiger partial charge in [0.25, 0.3) is 0 Å². The molecule has 3 aromatic rings. The second kappa shape index (κ2) is 5.54. The average molecular weight is 285 g/mol. The minimum atomic E-state index is 0.629. The zero-order chi connectivity index (χ0) is 13.9. The van der Waals surface area contributed by atoms with Crippen molar-refractivity contribution in [2.75, 3.05) is 12.9 Å². The Hall–Kier alpha value is -2.01. The topological polar surface area (TPSA) is 50.8 Å². The summed E-state index contributed by atoms with van der Waals surface area (Å²) in [6.45, 7) is 2.61. The fraction of sp³-hybridized carbons (Fsp3) is 0.200. The standard InChI is InChI=1S/C15H15N3OS/c1-3-19-13-7-6-10(20-2)9-11(13)14-17-12-5-4-8-16-15(12)18-14/h4-9H,3H2,1-2H3,(H,16,17,18). The molecule has 5 heteroatoms. The minimum absolute atomic E-state index is 0.629. The first-order valence-electron chi connectivity index (χ1n) is 6.43. The van der Waals surface area contributed by atoms with Gasteiger partial charge in [-0.15, -0.1) is 11.8 Å². The Morgan fingerprint density at radius 3 is 2.95 bits per heavy atom. The number of thioether (sulfide) groups is 1. The first kappa shape index (κ1) is 13.0. The lowest BCUT2D eigenvalue weighted by molar-refractivity contribution is 0.341. The van der Waals surface area contributed by atoms with E-state index in [1.807, 2.05) is 25.1 Å². The molecule has 0 fully saturated rings. The molecule has 4 nitrogen and oxygen atoms in total. The highest BCUT2D eigenvalue weighted by atomic mass is 32.2. The molecule has 0 unspecified atom stereocenters. The van der Waals surface area contributed by atoms with Gasteiger partial charge in [0.15, 0.2) is 5.65 Å². The number of imidazole rings is 1. The highest BCUT2D eigenvalue weighted by Crippen LogP contribution is 2.32. The van der Waals surface area contributed by atoms with Crippen LogP contribution in [0.4, 0.5) is 0 Å². The van der Waals surface area contributed by atoms with Crippen molar-refractivity contribution in [3.8, 4) is 17.1 Å². The van der Waals surface area contributed by atoms with E-state index in [0.717, 1.165) is 28.3 Å². The minimum Gasteiger partial charge on any atom is -0.493 e. The maximum absolute atomic E-state index is 5.70. The van der Waals surface area contributed by atoms with Gasteiger partial charge in [-0.1, -0.05) is 0 Å². The number of pyridine rings is 1. The van der Waals surface area contributed by atoms with Gasteiger partial charge in [-0.3, -0.25) is 0 Å². The monoisotopic (exact) mass is 285 g/mol. The fourth-order valence-electron chi connectivity index (χ4n) is 2.08. The van der Waals surface area contributed by atoms with Crippen LogP contribution in [0.25, 0.3) is 22.6 Å². The highest BCUT2D eigenvalue weighted by Gasteiger charge is 2.12. The van der Waals surface area contributed by atoms with Gasteiger partial charge in [-0.2, -0.15) is 0 Å². The molecular weight excluding hydrogens is 270 g/mol. The molecule has 0 saturated carbocycles. The second-order valence-corrected chi connectivity index (χ2v) is 5.13. The Balaban J connectivity index is 2.15. The summed E-state index contributed by atoms with van der Waals surface area (Å²) in [5.41, 5.74) is 2.62. The van der Waals surface area contributed by atoms with Crippen LogP contribution < -0.4 is 4.74 Å². The van der Waals surface area contributed by atoms with Crippen LogP contribution >= 0.6 is 11.8 Å². The molecule has 0 atom stereocenters. The van der Waals surface area contributed by atoms with Crippen molar-refractivity contribution in [3.05, 3.63) is 36.5 Å². The van der Waals surface area contributed by atoms with Gasteiger partial charge in [0.1, 0.15) is 11.6 Å². The zero-order valence-corrected chi connectivity index (χ0v) is 12.2. The van der Waals surface area contributed by atoms with Crippen LogP contribution in [0.5, 0.6) is 5.75 Å². The first-order chi connectivity index (χ1) is 9.81. The van der Waals surface area contributed by atoms with Crippen LogP contribution in [-0.4, -0.2) is 27.8 Å². The number of nitrogens with one attached hydrogen (secondary N) is 1. The van der Waals surface area contributed by atoms with Gasteiger partial charge in [0, 0.05) is 11.1 Å². The van der Waals surface area contributed by atoms with E-state index in [4.69, 9.17) is 4.74 Å². The number of fused-ring (bicyclic) bond motifs is 1. The van der Waals surface area contributed by atoms with Gasteiger partial charge in [-0.25, -0.2) is 9.97 Å². The third kappa shape index (κ3) is 2.36. The van der Waals surface area contributed by atoms with E-state index in [2.05, 4.69) is 33.3 Å². The van der Waals surface area contributed by atoms with Gasteiger partial charge < -0.3 is 9.72 Å². The van der Waals surface area contributed by atoms with Gasteiger partial charge in [0.05, 0.1) is 17.7 Å². The Labute approximate surface area is 121 Å². The number of nitrogens with zero attached hydrogens (tertiary/aromatic N) is 2. The van der Waals surface area contributed by atoms with Crippen LogP contribution in [0.1, 0.15) is 6.92 Å². The SMILES string of the molecule is CCOc1ccc(SC)cc1-c1nc2ncccc2[nH]1. The molecule has 0 radical (unpaired) electrons.